The Morgan fingerprint density at radius 2 is 1.94 bits per heavy atom. The van der Waals surface area contributed by atoms with Crippen LogP contribution in [0, 0.1) is 5.82 Å². The number of aryl methyl sites for hydroxylation is 1. The molecule has 2 heterocycles. The van der Waals surface area contributed by atoms with E-state index in [2.05, 4.69) is 15.3 Å². The molecule has 8 nitrogen and oxygen atoms in total. The minimum atomic E-state index is -2.94. The van der Waals surface area contributed by atoms with Crippen LogP contribution in [0.15, 0.2) is 35.4 Å². The Morgan fingerprint density at radius 1 is 1.28 bits per heavy atom. The number of rotatable bonds is 7. The zero-order valence-corrected chi connectivity index (χ0v) is 20.7. The maximum atomic E-state index is 14.7. The number of pyridine rings is 1. The van der Waals surface area contributed by atoms with Gasteiger partial charge in [-0.2, -0.15) is 0 Å². The maximum absolute atomic E-state index is 14.7. The van der Waals surface area contributed by atoms with Crippen LogP contribution in [0.3, 0.4) is 0 Å². The number of hydrogen-bond donors (Lipinski definition) is 1. The number of benzene rings is 1. The summed E-state index contributed by atoms with van der Waals surface area (Å²) in [6.07, 6.45) is -0.777. The van der Waals surface area contributed by atoms with Crippen LogP contribution in [0.1, 0.15) is 55.8 Å². The lowest BCUT2D eigenvalue weighted by Gasteiger charge is -2.49. The van der Waals surface area contributed by atoms with Gasteiger partial charge in [0.25, 0.3) is 12.0 Å². The predicted octanol–water partition coefficient (Wildman–Crippen LogP) is 4.06. The fraction of sp³-hybridized carbons (Fsp3) is 0.440. The quantitative estimate of drug-likeness (QED) is 0.523. The molecule has 1 aliphatic rings. The first kappa shape index (κ1) is 25.6. The summed E-state index contributed by atoms with van der Waals surface area (Å²) in [6, 6.07) is 4.74. The lowest BCUT2D eigenvalue weighted by molar-refractivity contribution is -0.148. The van der Waals surface area contributed by atoms with Crippen molar-refractivity contribution in [1.82, 2.24) is 19.4 Å². The first-order valence-electron chi connectivity index (χ1n) is 11.5. The van der Waals surface area contributed by atoms with Crippen molar-refractivity contribution in [3.8, 4) is 0 Å². The topological polar surface area (TPSA) is 89.3 Å². The fourth-order valence-electron chi connectivity index (χ4n) is 4.79. The van der Waals surface area contributed by atoms with Crippen molar-refractivity contribution in [2.45, 2.75) is 50.8 Å². The number of halogens is 3. The molecule has 1 aliphatic carbocycles. The standard InChI is InChI=1S/C25H28F3N5O3/c1-13(16-7-6-8-17(20(16)26)21(27)28)31-22-18-9-19(24(35)33(4)23(18)30-12-29-22)25(36-5)10-15(11-25)32(3)14(2)34/h6-9,12-13,15,21H,10-11H2,1-5H3,(H,29,30,31)/t13-,15-,25+/m1/s1. The number of methoxy groups -OCH3 is 1. The summed E-state index contributed by atoms with van der Waals surface area (Å²) in [5, 5.41) is 3.58. The molecule has 1 N–H and O–H groups in total. The summed E-state index contributed by atoms with van der Waals surface area (Å²) in [6.45, 7) is 3.12. The van der Waals surface area contributed by atoms with E-state index in [4.69, 9.17) is 4.74 Å². The molecule has 0 unspecified atom stereocenters. The second-order valence-electron chi connectivity index (χ2n) is 9.19. The van der Waals surface area contributed by atoms with E-state index < -0.39 is 29.4 Å². The van der Waals surface area contributed by atoms with E-state index in [0.717, 1.165) is 6.07 Å². The van der Waals surface area contributed by atoms with E-state index in [1.54, 1.807) is 32.0 Å². The molecule has 0 aliphatic heterocycles. The van der Waals surface area contributed by atoms with E-state index >= 15 is 0 Å². The van der Waals surface area contributed by atoms with E-state index in [1.165, 1.54) is 37.1 Å². The van der Waals surface area contributed by atoms with Crippen molar-refractivity contribution in [3.63, 3.8) is 0 Å². The van der Waals surface area contributed by atoms with E-state index in [9.17, 15) is 22.8 Å². The van der Waals surface area contributed by atoms with Crippen LogP contribution in [0.25, 0.3) is 11.0 Å². The molecular formula is C25H28F3N5O3. The Hall–Kier alpha value is -3.47. The van der Waals surface area contributed by atoms with Gasteiger partial charge in [-0.1, -0.05) is 18.2 Å². The number of nitrogens with one attached hydrogen (secondary N) is 1. The highest BCUT2D eigenvalue weighted by Crippen LogP contribution is 2.46. The van der Waals surface area contributed by atoms with Crippen LogP contribution < -0.4 is 10.9 Å². The molecule has 2 aromatic heterocycles. The number of carbonyl (C=O) groups is 1. The Bertz CT molecular complexity index is 1370. The van der Waals surface area contributed by atoms with Gasteiger partial charge in [0.2, 0.25) is 5.91 Å². The Balaban J connectivity index is 1.75. The van der Waals surface area contributed by atoms with Gasteiger partial charge in [-0.3, -0.25) is 14.2 Å². The minimum absolute atomic E-state index is 0.0621. The predicted molar refractivity (Wildman–Crippen MR) is 128 cm³/mol. The van der Waals surface area contributed by atoms with E-state index in [0.29, 0.717) is 35.3 Å². The number of aromatic nitrogens is 3. The monoisotopic (exact) mass is 503 g/mol. The SMILES string of the molecule is CO[C@]1(c2cc3c(N[C@H](C)c4cccc(C(F)F)c4F)ncnc3n(C)c2=O)C[C@H](N(C)C(C)=O)C1. The van der Waals surface area contributed by atoms with Gasteiger partial charge in [0.1, 0.15) is 29.2 Å². The molecule has 36 heavy (non-hydrogen) atoms. The molecule has 0 bridgehead atoms. The largest absolute Gasteiger partial charge is 0.373 e. The smallest absolute Gasteiger partial charge is 0.266 e. The third kappa shape index (κ3) is 4.21. The molecule has 1 atom stereocenters. The third-order valence-corrected chi connectivity index (χ3v) is 7.17. The first-order chi connectivity index (χ1) is 17.0. The van der Waals surface area contributed by atoms with Gasteiger partial charge in [-0.05, 0) is 13.0 Å². The Kier molecular flexibility index (Phi) is 6.78. The average Bonchev–Trinajstić information content (AvgIpc) is 2.81. The van der Waals surface area contributed by atoms with Crippen LogP contribution >= 0.6 is 0 Å². The zero-order valence-electron chi connectivity index (χ0n) is 20.7. The zero-order chi connectivity index (χ0) is 26.4. The summed E-state index contributed by atoms with van der Waals surface area (Å²) in [5.74, 6) is -0.741. The first-order valence-corrected chi connectivity index (χ1v) is 11.5. The molecule has 0 spiro atoms. The van der Waals surface area contributed by atoms with Gasteiger partial charge in [0.15, 0.2) is 0 Å². The molecule has 3 aromatic rings. The van der Waals surface area contributed by atoms with E-state index in [-0.39, 0.29) is 23.1 Å². The summed E-state index contributed by atoms with van der Waals surface area (Å²) < 4.78 is 48.3. The third-order valence-electron chi connectivity index (χ3n) is 7.17. The minimum Gasteiger partial charge on any atom is -0.373 e. The van der Waals surface area contributed by atoms with Gasteiger partial charge in [-0.15, -0.1) is 0 Å². The number of hydrogen-bond acceptors (Lipinski definition) is 6. The van der Waals surface area contributed by atoms with Crippen molar-refractivity contribution in [2.75, 3.05) is 19.5 Å². The lowest BCUT2D eigenvalue weighted by Crippen LogP contribution is -2.56. The Labute approximate surface area is 206 Å². The molecule has 0 saturated heterocycles. The number of carbonyl (C=O) groups excluding carboxylic acids is 1. The van der Waals surface area contributed by atoms with Crippen LogP contribution in [0.5, 0.6) is 0 Å². The number of fused-ring (bicyclic) bond motifs is 1. The summed E-state index contributed by atoms with van der Waals surface area (Å²) in [5.41, 5.74) is -1.06. The average molecular weight is 504 g/mol. The normalized spacial score (nSPS) is 20.3. The van der Waals surface area contributed by atoms with Gasteiger partial charge in [0.05, 0.1) is 22.6 Å². The molecule has 11 heteroatoms. The molecular weight excluding hydrogens is 475 g/mol. The van der Waals surface area contributed by atoms with Crippen LogP contribution in [-0.2, 0) is 22.2 Å². The van der Waals surface area contributed by atoms with Crippen LogP contribution in [0.4, 0.5) is 19.0 Å². The molecule has 192 valence electrons. The highest BCUT2D eigenvalue weighted by Gasteiger charge is 2.50. The van der Waals surface area contributed by atoms with Crippen molar-refractivity contribution >= 4 is 22.8 Å². The molecule has 1 fully saturated rings. The van der Waals surface area contributed by atoms with Gasteiger partial charge < -0.3 is 15.0 Å². The molecule has 0 radical (unpaired) electrons. The number of amides is 1. The molecule has 4 rings (SSSR count). The van der Waals surface area contributed by atoms with Gasteiger partial charge in [-0.25, -0.2) is 23.1 Å². The number of alkyl halides is 2. The summed E-state index contributed by atoms with van der Waals surface area (Å²) >= 11 is 0. The van der Waals surface area contributed by atoms with Crippen molar-refractivity contribution < 1.29 is 22.7 Å². The Morgan fingerprint density at radius 3 is 2.56 bits per heavy atom. The number of nitrogens with zero attached hydrogens (tertiary/aromatic N) is 4. The van der Waals surface area contributed by atoms with Gasteiger partial charge in [0, 0.05) is 52.6 Å². The molecule has 1 saturated carbocycles. The lowest BCUT2D eigenvalue weighted by atomic mass is 9.70. The van der Waals surface area contributed by atoms with Gasteiger partial charge >= 0.3 is 0 Å². The second kappa shape index (κ2) is 9.53. The molecule has 1 amide bonds. The number of ether oxygens (including phenoxy) is 1. The second-order valence-corrected chi connectivity index (χ2v) is 9.19. The fourth-order valence-corrected chi connectivity index (χ4v) is 4.79. The summed E-state index contributed by atoms with van der Waals surface area (Å²) in [4.78, 5) is 35.2. The highest BCUT2D eigenvalue weighted by atomic mass is 19.3. The van der Waals surface area contributed by atoms with E-state index in [1.807, 2.05) is 0 Å². The van der Waals surface area contributed by atoms with Crippen LogP contribution in [-0.4, -0.2) is 45.5 Å². The van der Waals surface area contributed by atoms with Crippen LogP contribution in [0.2, 0.25) is 0 Å². The molecule has 1 aromatic carbocycles. The van der Waals surface area contributed by atoms with Crippen molar-refractivity contribution in [1.29, 1.82) is 0 Å². The number of anilines is 1. The summed E-state index contributed by atoms with van der Waals surface area (Å²) in [7, 11) is 4.82. The van der Waals surface area contributed by atoms with Crippen molar-refractivity contribution in [3.05, 3.63) is 63.5 Å². The highest BCUT2D eigenvalue weighted by molar-refractivity contribution is 5.87. The van der Waals surface area contributed by atoms with Crippen molar-refractivity contribution in [2.24, 2.45) is 7.05 Å². The maximum Gasteiger partial charge on any atom is 0.266 e.